The maximum Gasteiger partial charge on any atom is 0.253 e. The summed E-state index contributed by atoms with van der Waals surface area (Å²) in [6, 6.07) is 21.3. The molecule has 0 atom stereocenters. The fraction of sp³-hybridized carbons (Fsp3) is 0.222. The number of nitriles is 1. The minimum atomic E-state index is -0.0133. The number of carbonyl (C=O) groups excluding carboxylic acids is 1. The molecule has 2 aromatic heterocycles. The number of fused-ring (bicyclic) bond motifs is 1. The number of benzene rings is 2. The Hall–Kier alpha value is -3.95. The van der Waals surface area contributed by atoms with Gasteiger partial charge in [0.25, 0.3) is 5.91 Å². The predicted molar refractivity (Wildman–Crippen MR) is 126 cm³/mol. The van der Waals surface area contributed by atoms with Crippen LogP contribution in [0.1, 0.15) is 28.1 Å². The van der Waals surface area contributed by atoms with Gasteiger partial charge in [-0.3, -0.25) is 14.7 Å². The Morgan fingerprint density at radius 1 is 1.00 bits per heavy atom. The normalized spacial score (nSPS) is 14.7. The second-order valence-corrected chi connectivity index (χ2v) is 8.32. The lowest BCUT2D eigenvalue weighted by Gasteiger charge is -2.21. The van der Waals surface area contributed by atoms with Gasteiger partial charge in [0.1, 0.15) is 11.3 Å². The van der Waals surface area contributed by atoms with Crippen LogP contribution < -0.4 is 0 Å². The molecule has 1 amide bonds. The number of hydrogen-bond donors (Lipinski definition) is 0. The number of aromatic nitrogens is 1. The minimum absolute atomic E-state index is 0.0133. The van der Waals surface area contributed by atoms with Crippen LogP contribution in [0.3, 0.4) is 0 Å². The Kier molecular flexibility index (Phi) is 5.88. The number of rotatable bonds is 4. The van der Waals surface area contributed by atoms with Gasteiger partial charge >= 0.3 is 0 Å². The van der Waals surface area contributed by atoms with Crippen molar-refractivity contribution in [3.8, 4) is 17.2 Å². The summed E-state index contributed by atoms with van der Waals surface area (Å²) in [7, 11) is 0. The molecule has 1 aliphatic rings. The number of furan rings is 1. The second kappa shape index (κ2) is 9.27. The number of nitrogens with zero attached hydrogens (tertiary/aromatic N) is 4. The second-order valence-electron chi connectivity index (χ2n) is 8.32. The van der Waals surface area contributed by atoms with Gasteiger partial charge in [-0.25, -0.2) is 0 Å². The van der Waals surface area contributed by atoms with Gasteiger partial charge in [-0.05, 0) is 54.4 Å². The molecule has 0 N–H and O–H groups in total. The van der Waals surface area contributed by atoms with Crippen molar-refractivity contribution in [3.63, 3.8) is 0 Å². The SMILES string of the molecule is N#Cc1cccc(C(=O)N2CCCN(Cc3cc4cc(-c5cccnc5)ccc4o3)CC2)c1. The van der Waals surface area contributed by atoms with Gasteiger partial charge in [0.15, 0.2) is 0 Å². The first kappa shape index (κ1) is 20.9. The first-order valence-corrected chi connectivity index (χ1v) is 11.1. The van der Waals surface area contributed by atoms with Gasteiger partial charge in [-0.15, -0.1) is 0 Å². The van der Waals surface area contributed by atoms with Gasteiger partial charge < -0.3 is 9.32 Å². The highest BCUT2D eigenvalue weighted by atomic mass is 16.3. The summed E-state index contributed by atoms with van der Waals surface area (Å²) < 4.78 is 6.10. The Labute approximate surface area is 192 Å². The number of carbonyl (C=O) groups is 1. The standard InChI is InChI=1S/C27H24N4O2/c28-17-20-4-1-5-22(14-20)27(32)31-11-3-10-30(12-13-31)19-25-16-24-15-21(7-8-26(24)33-25)23-6-2-9-29-18-23/h1-2,4-9,14-16,18H,3,10-13,19H2. The molecule has 0 spiro atoms. The third-order valence-corrected chi connectivity index (χ3v) is 6.06. The quantitative estimate of drug-likeness (QED) is 0.463. The van der Waals surface area contributed by atoms with Crippen LogP contribution in [-0.4, -0.2) is 46.9 Å². The molecule has 0 saturated carbocycles. The molecule has 1 fully saturated rings. The van der Waals surface area contributed by atoms with Crippen LogP contribution in [0, 0.1) is 11.3 Å². The molecule has 3 heterocycles. The zero-order chi connectivity index (χ0) is 22.6. The van der Waals surface area contributed by atoms with Crippen LogP contribution in [0.15, 0.2) is 77.5 Å². The Morgan fingerprint density at radius 2 is 1.94 bits per heavy atom. The Balaban J connectivity index is 1.25. The van der Waals surface area contributed by atoms with E-state index < -0.39 is 0 Å². The molecule has 6 heteroatoms. The van der Waals surface area contributed by atoms with Crippen LogP contribution in [0.2, 0.25) is 0 Å². The molecule has 0 aliphatic carbocycles. The van der Waals surface area contributed by atoms with Crippen molar-refractivity contribution in [2.75, 3.05) is 26.2 Å². The molecule has 164 valence electrons. The maximum atomic E-state index is 12.9. The largest absolute Gasteiger partial charge is 0.460 e. The van der Waals surface area contributed by atoms with E-state index in [1.54, 1.807) is 30.5 Å². The van der Waals surface area contributed by atoms with E-state index in [1.807, 2.05) is 23.2 Å². The van der Waals surface area contributed by atoms with Crippen molar-refractivity contribution in [1.82, 2.24) is 14.8 Å². The first-order chi connectivity index (χ1) is 16.2. The fourth-order valence-corrected chi connectivity index (χ4v) is 4.35. The highest BCUT2D eigenvalue weighted by Gasteiger charge is 2.21. The van der Waals surface area contributed by atoms with Gasteiger partial charge in [0.2, 0.25) is 0 Å². The summed E-state index contributed by atoms with van der Waals surface area (Å²) in [5, 5.41) is 10.2. The zero-order valence-corrected chi connectivity index (χ0v) is 18.3. The highest BCUT2D eigenvalue weighted by molar-refractivity contribution is 5.94. The summed E-state index contributed by atoms with van der Waals surface area (Å²) in [4.78, 5) is 21.3. The Morgan fingerprint density at radius 3 is 2.79 bits per heavy atom. The molecule has 6 nitrogen and oxygen atoms in total. The Bertz CT molecular complexity index is 1320. The van der Waals surface area contributed by atoms with E-state index in [9.17, 15) is 4.79 Å². The van der Waals surface area contributed by atoms with E-state index in [0.717, 1.165) is 47.4 Å². The van der Waals surface area contributed by atoms with Gasteiger partial charge in [-0.1, -0.05) is 18.2 Å². The van der Waals surface area contributed by atoms with E-state index in [-0.39, 0.29) is 5.91 Å². The molecule has 1 aliphatic heterocycles. The smallest absolute Gasteiger partial charge is 0.253 e. The predicted octanol–water partition coefficient (Wildman–Crippen LogP) is 4.71. The molecule has 2 aromatic carbocycles. The van der Waals surface area contributed by atoms with Crippen molar-refractivity contribution < 1.29 is 9.21 Å². The van der Waals surface area contributed by atoms with E-state index in [4.69, 9.17) is 9.68 Å². The molecule has 0 unspecified atom stereocenters. The van der Waals surface area contributed by atoms with E-state index >= 15 is 0 Å². The highest BCUT2D eigenvalue weighted by Crippen LogP contribution is 2.27. The van der Waals surface area contributed by atoms with Crippen molar-refractivity contribution in [2.24, 2.45) is 0 Å². The van der Waals surface area contributed by atoms with E-state index in [1.165, 1.54) is 0 Å². The summed E-state index contributed by atoms with van der Waals surface area (Å²) in [5.41, 5.74) is 4.16. The lowest BCUT2D eigenvalue weighted by atomic mass is 10.1. The summed E-state index contributed by atoms with van der Waals surface area (Å²) in [6.45, 7) is 3.76. The molecule has 0 radical (unpaired) electrons. The summed E-state index contributed by atoms with van der Waals surface area (Å²) in [6.07, 6.45) is 4.54. The number of amides is 1. The van der Waals surface area contributed by atoms with Crippen LogP contribution in [0.25, 0.3) is 22.1 Å². The van der Waals surface area contributed by atoms with Crippen LogP contribution >= 0.6 is 0 Å². The third kappa shape index (κ3) is 4.64. The topological polar surface area (TPSA) is 73.4 Å². The average molecular weight is 437 g/mol. The lowest BCUT2D eigenvalue weighted by molar-refractivity contribution is 0.0761. The fourth-order valence-electron chi connectivity index (χ4n) is 4.35. The third-order valence-electron chi connectivity index (χ3n) is 6.06. The van der Waals surface area contributed by atoms with Crippen LogP contribution in [-0.2, 0) is 6.54 Å². The van der Waals surface area contributed by atoms with Crippen LogP contribution in [0.5, 0.6) is 0 Å². The van der Waals surface area contributed by atoms with Gasteiger partial charge in [0.05, 0.1) is 18.2 Å². The van der Waals surface area contributed by atoms with Gasteiger partial charge in [0, 0.05) is 55.1 Å². The lowest BCUT2D eigenvalue weighted by Crippen LogP contribution is -2.35. The average Bonchev–Trinajstić information content (AvgIpc) is 3.12. The van der Waals surface area contributed by atoms with E-state index in [0.29, 0.717) is 30.8 Å². The van der Waals surface area contributed by atoms with E-state index in [2.05, 4.69) is 40.2 Å². The molecule has 5 rings (SSSR count). The van der Waals surface area contributed by atoms with Crippen molar-refractivity contribution in [2.45, 2.75) is 13.0 Å². The zero-order valence-electron chi connectivity index (χ0n) is 18.3. The van der Waals surface area contributed by atoms with Crippen molar-refractivity contribution >= 4 is 16.9 Å². The monoisotopic (exact) mass is 436 g/mol. The molecule has 4 aromatic rings. The molecule has 1 saturated heterocycles. The minimum Gasteiger partial charge on any atom is -0.460 e. The molecular formula is C27H24N4O2. The molecular weight excluding hydrogens is 412 g/mol. The maximum absolute atomic E-state index is 12.9. The number of pyridine rings is 1. The number of hydrogen-bond acceptors (Lipinski definition) is 5. The first-order valence-electron chi connectivity index (χ1n) is 11.1. The van der Waals surface area contributed by atoms with Crippen molar-refractivity contribution in [3.05, 3.63) is 89.9 Å². The van der Waals surface area contributed by atoms with Gasteiger partial charge in [-0.2, -0.15) is 5.26 Å². The molecule has 0 bridgehead atoms. The summed E-state index contributed by atoms with van der Waals surface area (Å²) in [5.74, 6) is 0.912. The molecule has 33 heavy (non-hydrogen) atoms. The van der Waals surface area contributed by atoms with Crippen LogP contribution in [0.4, 0.5) is 0 Å². The van der Waals surface area contributed by atoms with Crippen molar-refractivity contribution in [1.29, 1.82) is 5.26 Å². The summed E-state index contributed by atoms with van der Waals surface area (Å²) >= 11 is 0.